The van der Waals surface area contributed by atoms with Gasteiger partial charge in [0.2, 0.25) is 5.91 Å². The van der Waals surface area contributed by atoms with E-state index in [1.54, 1.807) is 30.3 Å². The van der Waals surface area contributed by atoms with Gasteiger partial charge < -0.3 is 10.1 Å². The summed E-state index contributed by atoms with van der Waals surface area (Å²) >= 11 is 1.24. The van der Waals surface area contributed by atoms with Crippen molar-refractivity contribution in [1.82, 2.24) is 5.32 Å². The normalized spacial score (nSPS) is 14.0. The van der Waals surface area contributed by atoms with Crippen LogP contribution < -0.4 is 14.4 Å². The lowest BCUT2D eigenvalue weighted by molar-refractivity contribution is -0.118. The number of para-hydroxylation sites is 2. The Bertz CT molecular complexity index is 845. The molecule has 0 bridgehead atoms. The summed E-state index contributed by atoms with van der Waals surface area (Å²) in [4.78, 5) is 11.8. The monoisotopic (exact) mass is 366 g/mol. The predicted octanol–water partition coefficient (Wildman–Crippen LogP) is 2.01. The van der Waals surface area contributed by atoms with Crippen LogP contribution in [-0.2, 0) is 21.2 Å². The molecule has 1 aromatic heterocycles. The first-order valence-electron chi connectivity index (χ1n) is 7.56. The van der Waals surface area contributed by atoms with Crippen LogP contribution in [0.25, 0.3) is 0 Å². The van der Waals surface area contributed by atoms with E-state index < -0.39 is 10.0 Å². The molecule has 0 saturated heterocycles. The summed E-state index contributed by atoms with van der Waals surface area (Å²) in [6.45, 7) is 2.57. The number of fused-ring (bicyclic) bond motifs is 1. The van der Waals surface area contributed by atoms with Crippen LogP contribution in [0.3, 0.4) is 0 Å². The van der Waals surface area contributed by atoms with Crippen LogP contribution in [0, 0.1) is 0 Å². The average Bonchev–Trinajstić information content (AvgIpc) is 3.03. The Kier molecular flexibility index (Phi) is 4.77. The van der Waals surface area contributed by atoms with Gasteiger partial charge in [-0.25, -0.2) is 8.42 Å². The summed E-state index contributed by atoms with van der Waals surface area (Å²) in [5.74, 6) is 0.485. The van der Waals surface area contributed by atoms with Gasteiger partial charge in [-0.3, -0.25) is 9.10 Å². The lowest BCUT2D eigenvalue weighted by Gasteiger charge is -2.29. The number of ether oxygens (including phenoxy) is 1. The smallest absolute Gasteiger partial charge is 0.274 e. The van der Waals surface area contributed by atoms with E-state index in [1.807, 2.05) is 6.07 Å². The second-order valence-corrected chi connectivity index (χ2v) is 8.60. The second kappa shape index (κ2) is 6.82. The fourth-order valence-corrected chi connectivity index (χ4v) is 5.42. The SMILES string of the molecule is CC(=O)NCCc1ccc(S(=O)(=O)N2CCOc3ccccc32)s1. The topological polar surface area (TPSA) is 75.7 Å². The van der Waals surface area contributed by atoms with Gasteiger partial charge in [-0.05, 0) is 30.7 Å². The number of thiophene rings is 1. The Labute approximate surface area is 145 Å². The van der Waals surface area contributed by atoms with Gasteiger partial charge in [0.15, 0.2) is 0 Å². The van der Waals surface area contributed by atoms with E-state index in [9.17, 15) is 13.2 Å². The average molecular weight is 366 g/mol. The first-order valence-corrected chi connectivity index (χ1v) is 9.82. The molecule has 1 amide bonds. The summed E-state index contributed by atoms with van der Waals surface area (Å²) < 4.78 is 33.1. The molecule has 2 heterocycles. The zero-order chi connectivity index (χ0) is 17.2. The number of benzene rings is 1. The molecule has 128 valence electrons. The molecule has 1 aromatic carbocycles. The minimum atomic E-state index is -3.61. The maximum absolute atomic E-state index is 13.0. The number of hydrogen-bond donors (Lipinski definition) is 1. The van der Waals surface area contributed by atoms with Gasteiger partial charge in [0.1, 0.15) is 16.6 Å². The minimum Gasteiger partial charge on any atom is -0.489 e. The van der Waals surface area contributed by atoms with E-state index in [0.29, 0.717) is 41.8 Å². The molecule has 0 spiro atoms. The maximum atomic E-state index is 13.0. The molecule has 3 rings (SSSR count). The molecule has 0 saturated carbocycles. The van der Waals surface area contributed by atoms with E-state index in [4.69, 9.17) is 4.74 Å². The highest BCUT2D eigenvalue weighted by atomic mass is 32.2. The second-order valence-electron chi connectivity index (χ2n) is 5.35. The highest BCUT2D eigenvalue weighted by molar-refractivity contribution is 7.94. The molecule has 0 unspecified atom stereocenters. The molecule has 2 aromatic rings. The van der Waals surface area contributed by atoms with E-state index in [-0.39, 0.29) is 5.91 Å². The van der Waals surface area contributed by atoms with Gasteiger partial charge in [-0.1, -0.05) is 12.1 Å². The molecular weight excluding hydrogens is 348 g/mol. The summed E-state index contributed by atoms with van der Waals surface area (Å²) in [5, 5.41) is 2.71. The quantitative estimate of drug-likeness (QED) is 0.878. The Morgan fingerprint density at radius 3 is 2.88 bits per heavy atom. The third-order valence-corrected chi connectivity index (χ3v) is 7.04. The number of hydrogen-bond acceptors (Lipinski definition) is 5. The molecule has 0 fully saturated rings. The highest BCUT2D eigenvalue weighted by Gasteiger charge is 2.30. The molecular formula is C16H18N2O4S2. The van der Waals surface area contributed by atoms with Crippen molar-refractivity contribution < 1.29 is 17.9 Å². The predicted molar refractivity (Wildman–Crippen MR) is 93.2 cm³/mol. The standard InChI is InChI=1S/C16H18N2O4S2/c1-12(19)17-9-8-13-6-7-16(23-13)24(20,21)18-10-11-22-15-5-3-2-4-14(15)18/h2-7H,8-11H2,1H3,(H,17,19). The number of rotatable bonds is 5. The van der Waals surface area contributed by atoms with Gasteiger partial charge in [-0.2, -0.15) is 0 Å². The zero-order valence-corrected chi connectivity index (χ0v) is 14.8. The summed E-state index contributed by atoms with van der Waals surface area (Å²) in [7, 11) is -3.61. The van der Waals surface area contributed by atoms with Crippen LogP contribution in [-0.4, -0.2) is 34.0 Å². The van der Waals surface area contributed by atoms with Crippen molar-refractivity contribution in [3.63, 3.8) is 0 Å². The van der Waals surface area contributed by atoms with E-state index >= 15 is 0 Å². The van der Waals surface area contributed by atoms with Gasteiger partial charge >= 0.3 is 0 Å². The number of carbonyl (C=O) groups excluding carboxylic acids is 1. The molecule has 0 atom stereocenters. The largest absolute Gasteiger partial charge is 0.489 e. The van der Waals surface area contributed by atoms with Crippen molar-refractivity contribution >= 4 is 33.0 Å². The molecule has 24 heavy (non-hydrogen) atoms. The number of amides is 1. The van der Waals surface area contributed by atoms with Crippen LogP contribution in [0.5, 0.6) is 5.75 Å². The maximum Gasteiger partial charge on any atom is 0.274 e. The first-order chi connectivity index (χ1) is 11.5. The third kappa shape index (κ3) is 3.39. The molecule has 0 aliphatic carbocycles. The number of nitrogens with one attached hydrogen (secondary N) is 1. The summed E-state index contributed by atoms with van der Waals surface area (Å²) in [5.41, 5.74) is 0.567. The van der Waals surface area contributed by atoms with Crippen LogP contribution in [0.2, 0.25) is 0 Å². The Balaban J connectivity index is 1.82. The highest BCUT2D eigenvalue weighted by Crippen LogP contribution is 2.36. The van der Waals surface area contributed by atoms with Crippen molar-refractivity contribution in [2.24, 2.45) is 0 Å². The van der Waals surface area contributed by atoms with E-state index in [0.717, 1.165) is 4.88 Å². The summed E-state index contributed by atoms with van der Waals surface area (Å²) in [6.07, 6.45) is 0.611. The van der Waals surface area contributed by atoms with Gasteiger partial charge in [0.05, 0.1) is 12.2 Å². The van der Waals surface area contributed by atoms with Crippen LogP contribution in [0.4, 0.5) is 5.69 Å². The van der Waals surface area contributed by atoms with E-state index in [1.165, 1.54) is 22.6 Å². The lowest BCUT2D eigenvalue weighted by Crippen LogP contribution is -2.37. The zero-order valence-electron chi connectivity index (χ0n) is 13.2. The molecule has 1 N–H and O–H groups in total. The van der Waals surface area contributed by atoms with Gasteiger partial charge in [-0.15, -0.1) is 11.3 Å². The van der Waals surface area contributed by atoms with Crippen molar-refractivity contribution in [2.45, 2.75) is 17.6 Å². The fraction of sp³-hybridized carbons (Fsp3) is 0.312. The summed E-state index contributed by atoms with van der Waals surface area (Å²) in [6, 6.07) is 10.6. The van der Waals surface area contributed by atoms with Crippen LogP contribution >= 0.6 is 11.3 Å². The molecule has 0 radical (unpaired) electrons. The number of carbonyl (C=O) groups is 1. The van der Waals surface area contributed by atoms with Crippen molar-refractivity contribution in [3.8, 4) is 5.75 Å². The number of anilines is 1. The van der Waals surface area contributed by atoms with Crippen LogP contribution in [0.1, 0.15) is 11.8 Å². The molecule has 1 aliphatic rings. The third-order valence-electron chi connectivity index (χ3n) is 3.61. The van der Waals surface area contributed by atoms with Crippen molar-refractivity contribution in [1.29, 1.82) is 0 Å². The molecule has 6 nitrogen and oxygen atoms in total. The minimum absolute atomic E-state index is 0.0932. The Morgan fingerprint density at radius 1 is 1.29 bits per heavy atom. The number of sulfonamides is 1. The van der Waals surface area contributed by atoms with Gasteiger partial charge in [0, 0.05) is 18.3 Å². The lowest BCUT2D eigenvalue weighted by atomic mass is 10.2. The fourth-order valence-electron chi connectivity index (χ4n) is 2.50. The Morgan fingerprint density at radius 2 is 2.08 bits per heavy atom. The van der Waals surface area contributed by atoms with Gasteiger partial charge in [0.25, 0.3) is 10.0 Å². The molecule has 1 aliphatic heterocycles. The van der Waals surface area contributed by atoms with E-state index in [2.05, 4.69) is 5.32 Å². The number of nitrogens with zero attached hydrogens (tertiary/aromatic N) is 1. The van der Waals surface area contributed by atoms with Crippen molar-refractivity contribution in [3.05, 3.63) is 41.3 Å². The first kappa shape index (κ1) is 16.8. The Hall–Kier alpha value is -2.06. The molecule has 8 heteroatoms. The van der Waals surface area contributed by atoms with Crippen LogP contribution in [0.15, 0.2) is 40.6 Å². The van der Waals surface area contributed by atoms with Crippen molar-refractivity contribution in [2.75, 3.05) is 24.0 Å².